The van der Waals surface area contributed by atoms with Crippen molar-refractivity contribution in [1.29, 1.82) is 0 Å². The van der Waals surface area contributed by atoms with Gasteiger partial charge in [-0.2, -0.15) is 0 Å². The van der Waals surface area contributed by atoms with Crippen molar-refractivity contribution in [2.24, 2.45) is 0 Å². The topological polar surface area (TPSA) is 95.1 Å². The molecule has 2 atom stereocenters. The van der Waals surface area contributed by atoms with E-state index in [9.17, 15) is 14.0 Å². The number of methoxy groups -OCH3 is 1. The first-order valence-corrected chi connectivity index (χ1v) is 12.2. The molecule has 9 heteroatoms. The summed E-state index contributed by atoms with van der Waals surface area (Å²) in [4.78, 5) is 25.0. The molecule has 0 spiro atoms. The van der Waals surface area contributed by atoms with E-state index in [-0.39, 0.29) is 31.1 Å². The minimum absolute atomic E-state index is 0.0244. The number of hydrogen-bond acceptors (Lipinski definition) is 8. The van der Waals surface area contributed by atoms with Crippen molar-refractivity contribution < 1.29 is 32.9 Å². The van der Waals surface area contributed by atoms with E-state index in [4.69, 9.17) is 18.9 Å². The highest BCUT2D eigenvalue weighted by Crippen LogP contribution is 2.21. The highest BCUT2D eigenvalue weighted by Gasteiger charge is 2.25. The average Bonchev–Trinajstić information content (AvgIpc) is 2.95. The minimum atomic E-state index is -0.720. The van der Waals surface area contributed by atoms with Gasteiger partial charge in [-0.3, -0.25) is 10.1 Å². The van der Waals surface area contributed by atoms with Crippen LogP contribution in [-0.2, 0) is 32.2 Å². The molecule has 2 unspecified atom stereocenters. The van der Waals surface area contributed by atoms with Gasteiger partial charge in [-0.05, 0) is 36.4 Å². The molecule has 8 nitrogen and oxygen atoms in total. The second-order valence-electron chi connectivity index (χ2n) is 8.51. The SMILES string of the molecule is CNCC(NC(COCc1ccccc1)COc1ccc(F)cc1C(=O)OC)C(=O)OCc1ccccc1. The second kappa shape index (κ2) is 15.5. The quantitative estimate of drug-likeness (QED) is 0.292. The van der Waals surface area contributed by atoms with Gasteiger partial charge in [-0.15, -0.1) is 0 Å². The molecule has 3 aromatic rings. The molecule has 0 aliphatic rings. The number of halogens is 1. The van der Waals surface area contributed by atoms with E-state index in [0.29, 0.717) is 13.2 Å². The number of rotatable bonds is 15. The Labute approximate surface area is 222 Å². The van der Waals surface area contributed by atoms with Crippen LogP contribution in [0.2, 0.25) is 0 Å². The van der Waals surface area contributed by atoms with Gasteiger partial charge in [0.1, 0.15) is 36.4 Å². The molecule has 0 saturated carbocycles. The lowest BCUT2D eigenvalue weighted by atomic mass is 10.2. The number of ether oxygens (including phenoxy) is 4. The predicted octanol–water partition coefficient (Wildman–Crippen LogP) is 3.50. The first-order valence-electron chi connectivity index (χ1n) is 12.2. The third kappa shape index (κ3) is 9.26. The molecule has 3 rings (SSSR count). The molecule has 0 bridgehead atoms. The molecule has 3 aromatic carbocycles. The molecular formula is C29H33FN2O6. The Balaban J connectivity index is 1.69. The van der Waals surface area contributed by atoms with Crippen LogP contribution in [0.15, 0.2) is 78.9 Å². The van der Waals surface area contributed by atoms with Crippen LogP contribution in [0.4, 0.5) is 4.39 Å². The largest absolute Gasteiger partial charge is 0.491 e. The fraction of sp³-hybridized carbons (Fsp3) is 0.310. The highest BCUT2D eigenvalue weighted by molar-refractivity contribution is 5.92. The maximum atomic E-state index is 13.8. The lowest BCUT2D eigenvalue weighted by molar-refractivity contribution is -0.147. The van der Waals surface area contributed by atoms with Crippen molar-refractivity contribution in [1.82, 2.24) is 10.6 Å². The minimum Gasteiger partial charge on any atom is -0.491 e. The van der Waals surface area contributed by atoms with Crippen molar-refractivity contribution in [2.75, 3.05) is 33.9 Å². The Kier molecular flexibility index (Phi) is 11.7. The highest BCUT2D eigenvalue weighted by atomic mass is 19.1. The van der Waals surface area contributed by atoms with Crippen LogP contribution in [0.5, 0.6) is 5.75 Å². The molecule has 0 heterocycles. The van der Waals surface area contributed by atoms with Crippen LogP contribution in [-0.4, -0.2) is 57.9 Å². The van der Waals surface area contributed by atoms with E-state index in [0.717, 1.165) is 17.2 Å². The summed E-state index contributed by atoms with van der Waals surface area (Å²) < 4.78 is 35.8. The summed E-state index contributed by atoms with van der Waals surface area (Å²) in [7, 11) is 2.94. The third-order valence-corrected chi connectivity index (χ3v) is 5.57. The maximum absolute atomic E-state index is 13.8. The summed E-state index contributed by atoms with van der Waals surface area (Å²) >= 11 is 0. The molecule has 0 aromatic heterocycles. The Morgan fingerprint density at radius 3 is 2.18 bits per heavy atom. The summed E-state index contributed by atoms with van der Waals surface area (Å²) in [6, 6.07) is 21.5. The number of likely N-dealkylation sites (N-methyl/N-ethyl adjacent to an activating group) is 1. The van der Waals surface area contributed by atoms with Gasteiger partial charge in [-0.1, -0.05) is 60.7 Å². The monoisotopic (exact) mass is 524 g/mol. The van der Waals surface area contributed by atoms with Crippen LogP contribution >= 0.6 is 0 Å². The smallest absolute Gasteiger partial charge is 0.341 e. The zero-order valence-electron chi connectivity index (χ0n) is 21.5. The molecule has 0 radical (unpaired) electrons. The molecule has 38 heavy (non-hydrogen) atoms. The van der Waals surface area contributed by atoms with Crippen LogP contribution < -0.4 is 15.4 Å². The van der Waals surface area contributed by atoms with E-state index >= 15 is 0 Å². The van der Waals surface area contributed by atoms with Gasteiger partial charge in [-0.25, -0.2) is 9.18 Å². The molecule has 0 amide bonds. The Hall–Kier alpha value is -3.79. The van der Waals surface area contributed by atoms with E-state index in [2.05, 4.69) is 10.6 Å². The Morgan fingerprint density at radius 2 is 1.55 bits per heavy atom. The normalized spacial score (nSPS) is 12.4. The third-order valence-electron chi connectivity index (χ3n) is 5.57. The van der Waals surface area contributed by atoms with Crippen LogP contribution in [0.3, 0.4) is 0 Å². The summed E-state index contributed by atoms with van der Waals surface area (Å²) in [5, 5.41) is 6.24. The number of nitrogens with one attached hydrogen (secondary N) is 2. The van der Waals surface area contributed by atoms with Crippen molar-refractivity contribution in [2.45, 2.75) is 25.3 Å². The molecule has 0 saturated heterocycles. The molecular weight excluding hydrogens is 491 g/mol. The summed E-state index contributed by atoms with van der Waals surface area (Å²) in [5.41, 5.74) is 1.83. The number of benzene rings is 3. The van der Waals surface area contributed by atoms with Crippen LogP contribution in [0.25, 0.3) is 0 Å². The van der Waals surface area contributed by atoms with Gasteiger partial charge in [0, 0.05) is 6.54 Å². The van der Waals surface area contributed by atoms with Gasteiger partial charge in [0.25, 0.3) is 0 Å². The fourth-order valence-corrected chi connectivity index (χ4v) is 3.65. The lowest BCUT2D eigenvalue weighted by Gasteiger charge is -2.25. The van der Waals surface area contributed by atoms with E-state index in [1.165, 1.54) is 19.2 Å². The fourth-order valence-electron chi connectivity index (χ4n) is 3.65. The molecule has 0 fully saturated rings. The van der Waals surface area contributed by atoms with Crippen molar-refractivity contribution >= 4 is 11.9 Å². The first-order chi connectivity index (χ1) is 18.5. The van der Waals surface area contributed by atoms with E-state index in [1.54, 1.807) is 7.05 Å². The maximum Gasteiger partial charge on any atom is 0.341 e. The van der Waals surface area contributed by atoms with Gasteiger partial charge in [0.05, 0.1) is 26.4 Å². The molecule has 202 valence electrons. The first kappa shape index (κ1) is 28.8. The summed E-state index contributed by atoms with van der Waals surface area (Å²) in [5.74, 6) is -1.59. The van der Waals surface area contributed by atoms with Crippen LogP contribution in [0.1, 0.15) is 21.5 Å². The summed E-state index contributed by atoms with van der Waals surface area (Å²) in [6.45, 7) is 1.02. The lowest BCUT2D eigenvalue weighted by Crippen LogP contribution is -2.52. The Morgan fingerprint density at radius 1 is 0.895 bits per heavy atom. The zero-order chi connectivity index (χ0) is 27.2. The summed E-state index contributed by atoms with van der Waals surface area (Å²) in [6.07, 6.45) is 0. The molecule has 0 aliphatic carbocycles. The molecule has 2 N–H and O–H groups in total. The van der Waals surface area contributed by atoms with Gasteiger partial charge in [0.15, 0.2) is 0 Å². The standard InChI is InChI=1S/C29H33FN2O6/c1-31-16-26(29(34)38-18-22-11-7-4-8-12-22)32-24(19-36-17-21-9-5-3-6-10-21)20-37-27-14-13-23(30)15-25(27)28(33)35-2/h3-15,24,26,31-32H,16-20H2,1-2H3. The Bertz CT molecular complexity index is 1150. The van der Waals surface area contributed by atoms with Gasteiger partial charge >= 0.3 is 11.9 Å². The van der Waals surface area contributed by atoms with Gasteiger partial charge in [0.2, 0.25) is 0 Å². The van der Waals surface area contributed by atoms with Crippen molar-refractivity contribution in [3.05, 3.63) is 101 Å². The number of carbonyl (C=O) groups excluding carboxylic acids is 2. The van der Waals surface area contributed by atoms with Crippen LogP contribution in [0, 0.1) is 5.82 Å². The number of carbonyl (C=O) groups is 2. The van der Waals surface area contributed by atoms with E-state index in [1.807, 2.05) is 60.7 Å². The average molecular weight is 525 g/mol. The number of hydrogen-bond donors (Lipinski definition) is 2. The van der Waals surface area contributed by atoms with E-state index < -0.39 is 29.8 Å². The predicted molar refractivity (Wildman–Crippen MR) is 140 cm³/mol. The second-order valence-corrected chi connectivity index (χ2v) is 8.51. The number of esters is 2. The van der Waals surface area contributed by atoms with Gasteiger partial charge < -0.3 is 24.3 Å². The van der Waals surface area contributed by atoms with Crippen molar-refractivity contribution in [3.8, 4) is 5.75 Å². The zero-order valence-corrected chi connectivity index (χ0v) is 21.5. The molecule has 0 aliphatic heterocycles. The van der Waals surface area contributed by atoms with Crippen molar-refractivity contribution in [3.63, 3.8) is 0 Å².